The van der Waals surface area contributed by atoms with Crippen molar-refractivity contribution in [1.82, 2.24) is 10.2 Å². The van der Waals surface area contributed by atoms with Crippen LogP contribution in [0.5, 0.6) is 5.75 Å². The minimum absolute atomic E-state index is 0.246. The molecule has 7 heteroatoms. The van der Waals surface area contributed by atoms with Crippen molar-refractivity contribution >= 4 is 34.8 Å². The van der Waals surface area contributed by atoms with E-state index in [2.05, 4.69) is 10.2 Å². The molecule has 26 heavy (non-hydrogen) atoms. The molecule has 0 saturated carbocycles. The molecule has 1 heterocycles. The van der Waals surface area contributed by atoms with E-state index < -0.39 is 0 Å². The van der Waals surface area contributed by atoms with E-state index in [0.717, 1.165) is 5.56 Å². The van der Waals surface area contributed by atoms with Gasteiger partial charge in [0, 0.05) is 21.3 Å². The first-order chi connectivity index (χ1) is 12.6. The van der Waals surface area contributed by atoms with E-state index in [4.69, 9.17) is 27.9 Å². The SMILES string of the molecule is COc1ccccc1CN(C(=O)c1ccnnc1)c1cc(Cl)cc(Cl)c1. The van der Waals surface area contributed by atoms with Gasteiger partial charge in [-0.3, -0.25) is 4.79 Å². The summed E-state index contributed by atoms with van der Waals surface area (Å²) >= 11 is 12.3. The Balaban J connectivity index is 2.05. The van der Waals surface area contributed by atoms with Gasteiger partial charge >= 0.3 is 0 Å². The van der Waals surface area contributed by atoms with E-state index in [9.17, 15) is 4.79 Å². The minimum Gasteiger partial charge on any atom is -0.496 e. The second kappa shape index (κ2) is 8.17. The quantitative estimate of drug-likeness (QED) is 0.639. The first-order valence-corrected chi connectivity index (χ1v) is 8.50. The lowest BCUT2D eigenvalue weighted by Gasteiger charge is -2.24. The lowest BCUT2D eigenvalue weighted by Crippen LogP contribution is -2.30. The van der Waals surface area contributed by atoms with Gasteiger partial charge in [0.2, 0.25) is 0 Å². The zero-order valence-corrected chi connectivity index (χ0v) is 15.4. The van der Waals surface area contributed by atoms with E-state index in [1.165, 1.54) is 12.4 Å². The first kappa shape index (κ1) is 18.2. The van der Waals surface area contributed by atoms with Crippen LogP contribution in [0.1, 0.15) is 15.9 Å². The molecular formula is C19H15Cl2N3O2. The number of rotatable bonds is 5. The molecule has 2 aromatic carbocycles. The van der Waals surface area contributed by atoms with Crippen molar-refractivity contribution < 1.29 is 9.53 Å². The van der Waals surface area contributed by atoms with Gasteiger partial charge in [-0.15, -0.1) is 0 Å². The number of carbonyl (C=O) groups excluding carboxylic acids is 1. The number of hydrogen-bond donors (Lipinski definition) is 0. The third-order valence-corrected chi connectivity index (χ3v) is 4.19. The predicted molar refractivity (Wildman–Crippen MR) is 102 cm³/mol. The standard InChI is InChI=1S/C19H15Cl2N3O2/c1-26-18-5-3-2-4-14(18)12-24(17-9-15(20)8-16(21)10-17)19(25)13-6-7-22-23-11-13/h2-11H,12H2,1H3. The van der Waals surface area contributed by atoms with Crippen LogP contribution in [0.15, 0.2) is 60.9 Å². The highest BCUT2D eigenvalue weighted by molar-refractivity contribution is 6.35. The van der Waals surface area contributed by atoms with Gasteiger partial charge in [-0.05, 0) is 30.3 Å². The molecule has 1 amide bonds. The van der Waals surface area contributed by atoms with Crippen LogP contribution >= 0.6 is 23.2 Å². The van der Waals surface area contributed by atoms with Gasteiger partial charge in [0.25, 0.3) is 5.91 Å². The fourth-order valence-corrected chi connectivity index (χ4v) is 3.07. The normalized spacial score (nSPS) is 10.4. The third kappa shape index (κ3) is 4.12. The third-order valence-electron chi connectivity index (χ3n) is 3.76. The number of carbonyl (C=O) groups is 1. The fraction of sp³-hybridized carbons (Fsp3) is 0.105. The minimum atomic E-state index is -0.246. The number of anilines is 1. The van der Waals surface area contributed by atoms with Crippen LogP contribution < -0.4 is 9.64 Å². The second-order valence-electron chi connectivity index (χ2n) is 5.46. The van der Waals surface area contributed by atoms with Crippen LogP contribution in [-0.2, 0) is 6.54 Å². The van der Waals surface area contributed by atoms with E-state index in [-0.39, 0.29) is 12.5 Å². The molecule has 0 unspecified atom stereocenters. The van der Waals surface area contributed by atoms with E-state index in [1.807, 2.05) is 24.3 Å². The maximum atomic E-state index is 13.1. The average molecular weight is 388 g/mol. The summed E-state index contributed by atoms with van der Waals surface area (Å²) in [4.78, 5) is 14.7. The molecule has 1 aromatic heterocycles. The summed E-state index contributed by atoms with van der Waals surface area (Å²) in [5.41, 5.74) is 1.84. The Labute approximate surface area is 161 Å². The van der Waals surface area contributed by atoms with Crippen LogP contribution in [0.25, 0.3) is 0 Å². The number of nitrogens with zero attached hydrogens (tertiary/aromatic N) is 3. The van der Waals surface area contributed by atoms with Crippen molar-refractivity contribution in [3.05, 3.63) is 82.1 Å². The molecule has 132 valence electrons. The number of para-hydroxylation sites is 1. The van der Waals surface area contributed by atoms with Crippen LogP contribution in [0.3, 0.4) is 0 Å². The van der Waals surface area contributed by atoms with E-state index in [0.29, 0.717) is 27.0 Å². The average Bonchev–Trinajstić information content (AvgIpc) is 2.65. The van der Waals surface area contributed by atoms with Gasteiger partial charge in [0.1, 0.15) is 5.75 Å². The fourth-order valence-electron chi connectivity index (χ4n) is 2.55. The van der Waals surface area contributed by atoms with Crippen LogP contribution in [0, 0.1) is 0 Å². The van der Waals surface area contributed by atoms with E-state index in [1.54, 1.807) is 36.3 Å². The molecule has 5 nitrogen and oxygen atoms in total. The van der Waals surface area contributed by atoms with Crippen molar-refractivity contribution in [1.29, 1.82) is 0 Å². The van der Waals surface area contributed by atoms with Crippen LogP contribution in [0.2, 0.25) is 10.0 Å². The van der Waals surface area contributed by atoms with Gasteiger partial charge in [-0.1, -0.05) is 41.4 Å². The van der Waals surface area contributed by atoms with Crippen molar-refractivity contribution in [3.8, 4) is 5.75 Å². The summed E-state index contributed by atoms with van der Waals surface area (Å²) in [6, 6.07) is 14.1. The van der Waals surface area contributed by atoms with Gasteiger partial charge in [0.15, 0.2) is 0 Å². The molecule has 0 aliphatic rings. The van der Waals surface area contributed by atoms with Crippen molar-refractivity contribution in [2.45, 2.75) is 6.54 Å². The Morgan fingerprint density at radius 3 is 2.46 bits per heavy atom. The topological polar surface area (TPSA) is 55.3 Å². The number of benzene rings is 2. The summed E-state index contributed by atoms with van der Waals surface area (Å²) in [6.07, 6.45) is 2.89. The largest absolute Gasteiger partial charge is 0.496 e. The molecule has 0 radical (unpaired) electrons. The number of amides is 1. The summed E-state index contributed by atoms with van der Waals surface area (Å²) < 4.78 is 5.40. The zero-order valence-electron chi connectivity index (χ0n) is 13.9. The first-order valence-electron chi connectivity index (χ1n) is 7.75. The summed E-state index contributed by atoms with van der Waals surface area (Å²) in [7, 11) is 1.59. The highest BCUT2D eigenvalue weighted by Gasteiger charge is 2.21. The number of methoxy groups -OCH3 is 1. The number of hydrogen-bond acceptors (Lipinski definition) is 4. The molecular weight excluding hydrogens is 373 g/mol. The second-order valence-corrected chi connectivity index (χ2v) is 6.33. The Morgan fingerprint density at radius 2 is 1.81 bits per heavy atom. The Bertz CT molecular complexity index is 899. The van der Waals surface area contributed by atoms with Crippen molar-refractivity contribution in [2.75, 3.05) is 12.0 Å². The monoisotopic (exact) mass is 387 g/mol. The molecule has 3 rings (SSSR count). The van der Waals surface area contributed by atoms with Crippen LogP contribution in [0.4, 0.5) is 5.69 Å². The lowest BCUT2D eigenvalue weighted by atomic mass is 10.1. The maximum Gasteiger partial charge on any atom is 0.260 e. The van der Waals surface area contributed by atoms with Gasteiger partial charge in [-0.2, -0.15) is 10.2 Å². The summed E-state index contributed by atoms with van der Waals surface area (Å²) in [6.45, 7) is 0.280. The van der Waals surface area contributed by atoms with Gasteiger partial charge in [0.05, 0.1) is 31.6 Å². The zero-order chi connectivity index (χ0) is 18.5. The van der Waals surface area contributed by atoms with Gasteiger partial charge in [-0.25, -0.2) is 0 Å². The highest BCUT2D eigenvalue weighted by Crippen LogP contribution is 2.29. The summed E-state index contributed by atoms with van der Waals surface area (Å²) in [5, 5.41) is 8.39. The Kier molecular flexibility index (Phi) is 5.71. The number of halogens is 2. The van der Waals surface area contributed by atoms with Gasteiger partial charge < -0.3 is 9.64 Å². The lowest BCUT2D eigenvalue weighted by molar-refractivity contribution is 0.0984. The molecule has 3 aromatic rings. The van der Waals surface area contributed by atoms with Crippen molar-refractivity contribution in [2.24, 2.45) is 0 Å². The maximum absolute atomic E-state index is 13.1. The molecule has 0 spiro atoms. The Hall–Kier alpha value is -2.63. The molecule has 0 fully saturated rings. The molecule has 0 aliphatic heterocycles. The molecule has 0 saturated heterocycles. The van der Waals surface area contributed by atoms with Crippen LogP contribution in [-0.4, -0.2) is 23.2 Å². The molecule has 0 N–H and O–H groups in total. The van der Waals surface area contributed by atoms with E-state index >= 15 is 0 Å². The van der Waals surface area contributed by atoms with Crippen molar-refractivity contribution in [3.63, 3.8) is 0 Å². The smallest absolute Gasteiger partial charge is 0.260 e. The highest BCUT2D eigenvalue weighted by atomic mass is 35.5. The molecule has 0 aliphatic carbocycles. The predicted octanol–water partition coefficient (Wildman–Crippen LogP) is 4.64. The number of aromatic nitrogens is 2. The molecule has 0 atom stereocenters. The summed E-state index contributed by atoms with van der Waals surface area (Å²) in [5.74, 6) is 0.440. The molecule has 0 bridgehead atoms. The number of ether oxygens (including phenoxy) is 1. The Morgan fingerprint density at radius 1 is 1.08 bits per heavy atom.